The third-order valence-electron chi connectivity index (χ3n) is 9.47. The van der Waals surface area contributed by atoms with Crippen molar-refractivity contribution in [3.63, 3.8) is 0 Å². The first kappa shape index (κ1) is 31.7. The van der Waals surface area contributed by atoms with Gasteiger partial charge in [-0.3, -0.25) is 0 Å². The number of aromatic hydroxyl groups is 1. The van der Waals surface area contributed by atoms with Crippen LogP contribution in [-0.4, -0.2) is 33.8 Å². The number of benzene rings is 5. The van der Waals surface area contributed by atoms with Crippen molar-refractivity contribution >= 4 is 22.7 Å². The summed E-state index contributed by atoms with van der Waals surface area (Å²) in [7, 11) is 0. The molecule has 0 amide bonds. The summed E-state index contributed by atoms with van der Waals surface area (Å²) in [6, 6.07) is 46.6. The highest BCUT2D eigenvalue weighted by Crippen LogP contribution is 2.52. The molecule has 4 heteroatoms. The zero-order chi connectivity index (χ0) is 31.8. The first-order valence-electron chi connectivity index (χ1n) is 16.1. The highest BCUT2D eigenvalue weighted by Gasteiger charge is 2.48. The monoisotopic (exact) mass is 624 g/mol. The number of aliphatic hydroxyl groups excluding tert-OH is 1. The number of hydrogen-bond donors (Lipinski definition) is 3. The summed E-state index contributed by atoms with van der Waals surface area (Å²) in [5.41, 5.74) is 7.95. The first-order chi connectivity index (χ1) is 22.6. The molecule has 0 spiro atoms. The van der Waals surface area contributed by atoms with Crippen LogP contribution in [0.1, 0.15) is 39.3 Å². The van der Waals surface area contributed by atoms with Gasteiger partial charge in [0.15, 0.2) is 0 Å². The molecular weight excluding hydrogens is 583 g/mol. The summed E-state index contributed by atoms with van der Waals surface area (Å²) in [4.78, 5) is 3.48. The van der Waals surface area contributed by atoms with E-state index in [1.54, 1.807) is 12.1 Å². The maximum absolute atomic E-state index is 11.7. The lowest BCUT2D eigenvalue weighted by Gasteiger charge is -2.48. The average molecular weight is 625 g/mol. The zero-order valence-corrected chi connectivity index (χ0v) is 27.2. The molecule has 0 saturated carbocycles. The Morgan fingerprint density at radius 3 is 2.15 bits per heavy atom. The van der Waals surface area contributed by atoms with Gasteiger partial charge < -0.3 is 15.2 Å². The summed E-state index contributed by atoms with van der Waals surface area (Å²) < 4.78 is 0. The Morgan fingerprint density at radius 1 is 0.739 bits per heavy atom. The van der Waals surface area contributed by atoms with E-state index in [1.807, 2.05) is 23.9 Å². The number of aliphatic hydroxyl groups is 1. The summed E-state index contributed by atoms with van der Waals surface area (Å²) >= 11 is 1.86. The second-order valence-electron chi connectivity index (χ2n) is 12.2. The number of fused-ring (bicyclic) bond motifs is 1. The SMILES string of the molecule is CSCCc1ccccc1C(Cc1ccccc1)([C](CO)Cc1c[nH]c2ccccc12)C(Cc1ccc(O)cc1)c1ccccc1. The number of nitrogens with one attached hydrogen (secondary N) is 1. The zero-order valence-electron chi connectivity index (χ0n) is 26.4. The summed E-state index contributed by atoms with van der Waals surface area (Å²) in [6.45, 7) is -0.0396. The van der Waals surface area contributed by atoms with Gasteiger partial charge >= 0.3 is 0 Å². The number of para-hydroxylation sites is 1. The van der Waals surface area contributed by atoms with Crippen molar-refractivity contribution in [2.24, 2.45) is 0 Å². The second-order valence-corrected chi connectivity index (χ2v) is 13.2. The fourth-order valence-corrected chi connectivity index (χ4v) is 7.69. The largest absolute Gasteiger partial charge is 0.508 e. The van der Waals surface area contributed by atoms with E-state index in [2.05, 4.69) is 127 Å². The summed E-state index contributed by atoms with van der Waals surface area (Å²) in [5.74, 6) is 2.37. The van der Waals surface area contributed by atoms with Crippen LogP contribution in [-0.2, 0) is 31.1 Å². The topological polar surface area (TPSA) is 56.2 Å². The number of rotatable bonds is 14. The number of hydrogen-bond acceptors (Lipinski definition) is 3. The molecule has 0 fully saturated rings. The number of aryl methyl sites for hydroxylation is 1. The third kappa shape index (κ3) is 6.79. The van der Waals surface area contributed by atoms with E-state index in [0.29, 0.717) is 6.42 Å². The molecule has 1 radical (unpaired) electrons. The quantitative estimate of drug-likeness (QED) is 0.113. The van der Waals surface area contributed by atoms with Crippen LogP contribution in [0.2, 0.25) is 0 Å². The predicted molar refractivity (Wildman–Crippen MR) is 194 cm³/mol. The molecule has 2 atom stereocenters. The molecule has 233 valence electrons. The minimum absolute atomic E-state index is 0.0127. The van der Waals surface area contributed by atoms with Crippen molar-refractivity contribution in [3.8, 4) is 5.75 Å². The van der Waals surface area contributed by atoms with Crippen LogP contribution in [0.25, 0.3) is 10.9 Å². The van der Waals surface area contributed by atoms with Gasteiger partial charge in [0, 0.05) is 28.4 Å². The van der Waals surface area contributed by atoms with E-state index in [9.17, 15) is 10.2 Å². The number of phenols is 1. The summed E-state index contributed by atoms with van der Waals surface area (Å²) in [5, 5.41) is 23.0. The molecule has 6 aromatic rings. The number of phenolic OH excluding ortho intramolecular Hbond substituents is 1. The van der Waals surface area contributed by atoms with Gasteiger partial charge in [0.1, 0.15) is 5.75 Å². The third-order valence-corrected chi connectivity index (χ3v) is 10.1. The van der Waals surface area contributed by atoms with Crippen LogP contribution in [0.5, 0.6) is 5.75 Å². The van der Waals surface area contributed by atoms with Crippen LogP contribution in [0.15, 0.2) is 140 Å². The molecule has 46 heavy (non-hydrogen) atoms. The van der Waals surface area contributed by atoms with E-state index in [0.717, 1.165) is 42.0 Å². The molecule has 2 unspecified atom stereocenters. The van der Waals surface area contributed by atoms with Crippen molar-refractivity contribution in [2.45, 2.75) is 37.0 Å². The van der Waals surface area contributed by atoms with Gasteiger partial charge in [-0.2, -0.15) is 11.8 Å². The smallest absolute Gasteiger partial charge is 0.115 e. The molecule has 0 aliphatic rings. The van der Waals surface area contributed by atoms with Gasteiger partial charge in [-0.15, -0.1) is 0 Å². The van der Waals surface area contributed by atoms with Crippen LogP contribution < -0.4 is 0 Å². The Balaban J connectivity index is 1.64. The van der Waals surface area contributed by atoms with Gasteiger partial charge in [0.05, 0.1) is 6.61 Å². The fourth-order valence-electron chi connectivity index (χ4n) is 7.26. The molecule has 3 nitrogen and oxygen atoms in total. The Hall–Kier alpha value is -4.25. The van der Waals surface area contributed by atoms with Gasteiger partial charge in [0.2, 0.25) is 0 Å². The molecular formula is C42H42NO2S. The molecule has 0 aliphatic heterocycles. The lowest BCUT2D eigenvalue weighted by molar-refractivity contribution is 0.233. The highest BCUT2D eigenvalue weighted by atomic mass is 32.2. The second kappa shape index (κ2) is 14.9. The Bertz CT molecular complexity index is 1820. The molecule has 1 heterocycles. The van der Waals surface area contributed by atoms with Crippen molar-refractivity contribution < 1.29 is 10.2 Å². The van der Waals surface area contributed by atoms with E-state index < -0.39 is 5.41 Å². The van der Waals surface area contributed by atoms with E-state index in [-0.39, 0.29) is 18.3 Å². The number of H-pyrrole nitrogens is 1. The molecule has 1 aromatic heterocycles. The Labute approximate surface area is 277 Å². The number of aromatic nitrogens is 1. The Morgan fingerprint density at radius 2 is 1.41 bits per heavy atom. The van der Waals surface area contributed by atoms with E-state index >= 15 is 0 Å². The van der Waals surface area contributed by atoms with E-state index in [4.69, 9.17) is 0 Å². The predicted octanol–water partition coefficient (Wildman–Crippen LogP) is 9.10. The van der Waals surface area contributed by atoms with Crippen LogP contribution in [0, 0.1) is 5.92 Å². The molecule has 0 bridgehead atoms. The minimum atomic E-state index is -0.567. The van der Waals surface area contributed by atoms with Gasteiger partial charge in [0.25, 0.3) is 0 Å². The maximum Gasteiger partial charge on any atom is 0.115 e. The fraction of sp³-hybridized carbons (Fsp3) is 0.214. The van der Waals surface area contributed by atoms with Crippen LogP contribution >= 0.6 is 11.8 Å². The lowest BCUT2D eigenvalue weighted by Crippen LogP contribution is -2.46. The Kier molecular flexibility index (Phi) is 10.3. The average Bonchev–Trinajstić information content (AvgIpc) is 3.52. The van der Waals surface area contributed by atoms with Crippen molar-refractivity contribution in [1.29, 1.82) is 0 Å². The van der Waals surface area contributed by atoms with Crippen LogP contribution in [0.4, 0.5) is 0 Å². The molecule has 6 rings (SSSR count). The normalized spacial score (nSPS) is 13.5. The highest BCUT2D eigenvalue weighted by molar-refractivity contribution is 7.98. The minimum Gasteiger partial charge on any atom is -0.508 e. The molecule has 5 aromatic carbocycles. The lowest BCUT2D eigenvalue weighted by atomic mass is 9.55. The number of thioether (sulfide) groups is 1. The van der Waals surface area contributed by atoms with Gasteiger partial charge in [-0.05, 0) is 95.2 Å². The molecule has 3 N–H and O–H groups in total. The number of aromatic amines is 1. The molecule has 0 aliphatic carbocycles. The first-order valence-corrected chi connectivity index (χ1v) is 17.5. The van der Waals surface area contributed by atoms with Gasteiger partial charge in [-0.25, -0.2) is 0 Å². The van der Waals surface area contributed by atoms with Gasteiger partial charge in [-0.1, -0.05) is 115 Å². The van der Waals surface area contributed by atoms with Crippen LogP contribution in [0.3, 0.4) is 0 Å². The standard InChI is InChI=1S/C42H42NO2S/c1-46-25-24-34-16-8-10-18-39(34)42(28-32-12-4-2-5-13-32,36(30-44)27-35-29-43-41-19-11-9-17-38(35)41)40(33-14-6-3-7-15-33)26-31-20-22-37(45)23-21-31/h2-23,29,40,43-45H,24-28,30H2,1H3. The van der Waals surface area contributed by atoms with Crippen molar-refractivity contribution in [1.82, 2.24) is 4.98 Å². The maximum atomic E-state index is 11.7. The van der Waals surface area contributed by atoms with Crippen molar-refractivity contribution in [3.05, 3.63) is 179 Å². The van der Waals surface area contributed by atoms with E-state index in [1.165, 1.54) is 33.2 Å². The van der Waals surface area contributed by atoms with Crippen molar-refractivity contribution in [2.75, 3.05) is 18.6 Å². The molecule has 0 saturated heterocycles. The summed E-state index contributed by atoms with van der Waals surface area (Å²) in [6.07, 6.45) is 7.35.